The molecule has 0 saturated carbocycles. The van der Waals surface area contributed by atoms with Crippen molar-refractivity contribution in [1.29, 1.82) is 0 Å². The molecule has 0 aliphatic rings. The molecule has 1 atom stereocenters. The first-order valence-electron chi connectivity index (χ1n) is 5.70. The summed E-state index contributed by atoms with van der Waals surface area (Å²) in [7, 11) is 1.64. The Morgan fingerprint density at radius 1 is 1.44 bits per heavy atom. The van der Waals surface area contributed by atoms with Crippen molar-refractivity contribution >= 4 is 17.3 Å². The highest BCUT2D eigenvalue weighted by Crippen LogP contribution is 2.20. The topological polar surface area (TPSA) is 100 Å². The highest BCUT2D eigenvalue weighted by Gasteiger charge is 2.13. The number of aromatic nitrogens is 1. The predicted octanol–water partition coefficient (Wildman–Crippen LogP) is 1.46. The largest absolute Gasteiger partial charge is 0.391 e. The van der Waals surface area contributed by atoms with Gasteiger partial charge < -0.3 is 15.7 Å². The van der Waals surface area contributed by atoms with Crippen LogP contribution in [0, 0.1) is 16.0 Å². The first-order chi connectivity index (χ1) is 8.43. The molecule has 3 N–H and O–H groups in total. The number of nitro groups is 1. The van der Waals surface area contributed by atoms with Crippen LogP contribution in [0.15, 0.2) is 12.1 Å². The number of aliphatic hydroxyl groups excluding tert-OH is 1. The van der Waals surface area contributed by atoms with Crippen molar-refractivity contribution in [2.75, 3.05) is 24.2 Å². The van der Waals surface area contributed by atoms with E-state index in [9.17, 15) is 15.2 Å². The van der Waals surface area contributed by atoms with Gasteiger partial charge in [0.05, 0.1) is 23.2 Å². The molecule has 100 valence electrons. The lowest BCUT2D eigenvalue weighted by molar-refractivity contribution is -0.384. The van der Waals surface area contributed by atoms with Gasteiger partial charge in [-0.2, -0.15) is 0 Å². The minimum absolute atomic E-state index is 0.0455. The second-order valence-electron chi connectivity index (χ2n) is 4.30. The Labute approximate surface area is 105 Å². The van der Waals surface area contributed by atoms with Gasteiger partial charge in [0.1, 0.15) is 11.6 Å². The first kappa shape index (κ1) is 14.2. The molecular weight excluding hydrogens is 236 g/mol. The number of pyridine rings is 1. The van der Waals surface area contributed by atoms with Gasteiger partial charge in [-0.25, -0.2) is 4.98 Å². The molecule has 0 saturated heterocycles. The first-order valence-corrected chi connectivity index (χ1v) is 5.70. The van der Waals surface area contributed by atoms with Crippen LogP contribution in [0.25, 0.3) is 0 Å². The van der Waals surface area contributed by atoms with Gasteiger partial charge in [0.2, 0.25) is 0 Å². The summed E-state index contributed by atoms with van der Waals surface area (Å²) < 4.78 is 0. The van der Waals surface area contributed by atoms with Gasteiger partial charge in [0.15, 0.2) is 0 Å². The van der Waals surface area contributed by atoms with Crippen LogP contribution in [-0.4, -0.2) is 34.7 Å². The van der Waals surface area contributed by atoms with Crippen LogP contribution in [0.3, 0.4) is 0 Å². The summed E-state index contributed by atoms with van der Waals surface area (Å²) in [5, 5.41) is 26.0. The standard InChI is InChI=1S/C11H18N4O3/c1-7(2)9(16)6-13-11-5-8(15(17)18)4-10(12-3)14-11/h4-5,7,9,16H,6H2,1-3H3,(H2,12,13,14). The van der Waals surface area contributed by atoms with Crippen molar-refractivity contribution in [3.63, 3.8) is 0 Å². The third-order valence-corrected chi connectivity index (χ3v) is 2.54. The fourth-order valence-electron chi connectivity index (χ4n) is 1.29. The molecule has 1 aromatic rings. The van der Waals surface area contributed by atoms with Crippen LogP contribution < -0.4 is 10.6 Å². The van der Waals surface area contributed by atoms with Crippen molar-refractivity contribution in [2.24, 2.45) is 5.92 Å². The van der Waals surface area contributed by atoms with Gasteiger partial charge in [-0.05, 0) is 5.92 Å². The molecule has 1 heterocycles. The summed E-state index contributed by atoms with van der Waals surface area (Å²) in [6.45, 7) is 4.09. The van der Waals surface area contributed by atoms with Crippen LogP contribution >= 0.6 is 0 Å². The van der Waals surface area contributed by atoms with Crippen LogP contribution in [0.4, 0.5) is 17.3 Å². The third kappa shape index (κ3) is 3.85. The molecule has 0 radical (unpaired) electrons. The fraction of sp³-hybridized carbons (Fsp3) is 0.545. The van der Waals surface area contributed by atoms with E-state index in [-0.39, 0.29) is 11.6 Å². The lowest BCUT2D eigenvalue weighted by atomic mass is 10.1. The van der Waals surface area contributed by atoms with E-state index in [2.05, 4.69) is 15.6 Å². The quantitative estimate of drug-likeness (QED) is 0.525. The summed E-state index contributed by atoms with van der Waals surface area (Å²) in [5.74, 6) is 0.888. The van der Waals surface area contributed by atoms with Crippen molar-refractivity contribution < 1.29 is 10.0 Å². The monoisotopic (exact) mass is 254 g/mol. The Kier molecular flexibility index (Phi) is 4.85. The third-order valence-electron chi connectivity index (χ3n) is 2.54. The summed E-state index contributed by atoms with van der Waals surface area (Å²) in [6, 6.07) is 2.69. The number of rotatable bonds is 6. The summed E-state index contributed by atoms with van der Waals surface area (Å²) in [4.78, 5) is 14.4. The molecule has 18 heavy (non-hydrogen) atoms. The average Bonchev–Trinajstić information content (AvgIpc) is 2.35. The van der Waals surface area contributed by atoms with Crippen LogP contribution in [0.1, 0.15) is 13.8 Å². The Bertz CT molecular complexity index is 423. The highest BCUT2D eigenvalue weighted by atomic mass is 16.6. The van der Waals surface area contributed by atoms with E-state index in [0.717, 1.165) is 0 Å². The number of hydrogen-bond donors (Lipinski definition) is 3. The Morgan fingerprint density at radius 2 is 2.06 bits per heavy atom. The molecule has 0 spiro atoms. The van der Waals surface area contributed by atoms with Gasteiger partial charge in [-0.3, -0.25) is 10.1 Å². The zero-order valence-electron chi connectivity index (χ0n) is 10.7. The van der Waals surface area contributed by atoms with Gasteiger partial charge in [0, 0.05) is 13.6 Å². The molecule has 7 nitrogen and oxygen atoms in total. The average molecular weight is 254 g/mol. The second-order valence-corrected chi connectivity index (χ2v) is 4.30. The van der Waals surface area contributed by atoms with Crippen LogP contribution in [0.2, 0.25) is 0 Å². The molecule has 7 heteroatoms. The zero-order chi connectivity index (χ0) is 13.7. The molecule has 0 amide bonds. The van der Waals surface area contributed by atoms with E-state index in [4.69, 9.17) is 0 Å². The van der Waals surface area contributed by atoms with Crippen LogP contribution in [0.5, 0.6) is 0 Å². The van der Waals surface area contributed by atoms with E-state index >= 15 is 0 Å². The van der Waals surface area contributed by atoms with Crippen molar-refractivity contribution in [3.8, 4) is 0 Å². The van der Waals surface area contributed by atoms with Gasteiger partial charge in [0.25, 0.3) is 5.69 Å². The number of hydrogen-bond acceptors (Lipinski definition) is 6. The molecule has 1 rings (SSSR count). The highest BCUT2D eigenvalue weighted by molar-refractivity contribution is 5.54. The minimum Gasteiger partial charge on any atom is -0.391 e. The molecule has 1 aromatic heterocycles. The van der Waals surface area contributed by atoms with E-state index < -0.39 is 11.0 Å². The Hall–Kier alpha value is -1.89. The number of aliphatic hydroxyl groups is 1. The lowest BCUT2D eigenvalue weighted by Gasteiger charge is -2.15. The normalized spacial score (nSPS) is 12.3. The van der Waals surface area contributed by atoms with Crippen molar-refractivity contribution in [2.45, 2.75) is 20.0 Å². The van der Waals surface area contributed by atoms with Crippen molar-refractivity contribution in [3.05, 3.63) is 22.2 Å². The maximum absolute atomic E-state index is 10.7. The summed E-state index contributed by atoms with van der Waals surface area (Å²) >= 11 is 0. The minimum atomic E-state index is -0.524. The van der Waals surface area contributed by atoms with Crippen molar-refractivity contribution in [1.82, 2.24) is 4.98 Å². The molecule has 0 aromatic carbocycles. The maximum Gasteiger partial charge on any atom is 0.276 e. The van der Waals surface area contributed by atoms with E-state index in [1.165, 1.54) is 12.1 Å². The van der Waals surface area contributed by atoms with Gasteiger partial charge in [-0.15, -0.1) is 0 Å². The number of anilines is 2. The molecule has 0 aliphatic carbocycles. The maximum atomic E-state index is 10.7. The smallest absolute Gasteiger partial charge is 0.276 e. The molecular formula is C11H18N4O3. The fourth-order valence-corrected chi connectivity index (χ4v) is 1.29. The second kappa shape index (κ2) is 6.15. The molecule has 0 bridgehead atoms. The van der Waals surface area contributed by atoms with E-state index in [1.54, 1.807) is 7.05 Å². The number of nitrogens with one attached hydrogen (secondary N) is 2. The zero-order valence-corrected chi connectivity index (χ0v) is 10.7. The lowest BCUT2D eigenvalue weighted by Crippen LogP contribution is -2.25. The SMILES string of the molecule is CNc1cc([N+](=O)[O-])cc(NCC(O)C(C)C)n1. The Morgan fingerprint density at radius 3 is 2.56 bits per heavy atom. The van der Waals surface area contributed by atoms with Gasteiger partial charge >= 0.3 is 0 Å². The number of nitrogens with zero attached hydrogens (tertiary/aromatic N) is 2. The molecule has 0 aliphatic heterocycles. The Balaban J connectivity index is 2.81. The van der Waals surface area contributed by atoms with Crippen LogP contribution in [-0.2, 0) is 0 Å². The van der Waals surface area contributed by atoms with E-state index in [0.29, 0.717) is 18.2 Å². The van der Waals surface area contributed by atoms with E-state index in [1.807, 2.05) is 13.8 Å². The summed E-state index contributed by atoms with van der Waals surface area (Å²) in [5.41, 5.74) is -0.0455. The summed E-state index contributed by atoms with van der Waals surface area (Å²) in [6.07, 6.45) is -0.524. The predicted molar refractivity (Wildman–Crippen MR) is 69.8 cm³/mol. The molecule has 1 unspecified atom stereocenters. The molecule has 0 fully saturated rings. The van der Waals surface area contributed by atoms with Gasteiger partial charge in [-0.1, -0.05) is 13.8 Å².